The summed E-state index contributed by atoms with van der Waals surface area (Å²) in [6.07, 6.45) is 0.727. The van der Waals surface area contributed by atoms with E-state index in [1.165, 1.54) is 36.2 Å². The molecule has 11 heteroatoms. The van der Waals surface area contributed by atoms with E-state index in [0.29, 0.717) is 27.2 Å². The van der Waals surface area contributed by atoms with Gasteiger partial charge in [-0.3, -0.25) is 9.59 Å². The number of likely N-dealkylation sites (N-methyl/N-ethyl adjacent to an activating group) is 1. The molecule has 0 aliphatic heterocycles. The van der Waals surface area contributed by atoms with Crippen LogP contribution in [0.3, 0.4) is 0 Å². The molecule has 0 spiro atoms. The van der Waals surface area contributed by atoms with Gasteiger partial charge in [-0.15, -0.1) is 0 Å². The lowest BCUT2D eigenvalue weighted by atomic mass is 10.1. The zero-order valence-corrected chi connectivity index (χ0v) is 21.6. The van der Waals surface area contributed by atoms with Crippen molar-refractivity contribution in [1.29, 1.82) is 0 Å². The normalized spacial score (nSPS) is 12.5. The van der Waals surface area contributed by atoms with E-state index in [9.17, 15) is 18.0 Å². The highest BCUT2D eigenvalue weighted by Gasteiger charge is 2.31. The number of amides is 2. The van der Waals surface area contributed by atoms with Crippen LogP contribution in [0.1, 0.15) is 25.8 Å². The predicted molar refractivity (Wildman–Crippen MR) is 131 cm³/mol. The van der Waals surface area contributed by atoms with Crippen molar-refractivity contribution in [2.75, 3.05) is 20.1 Å². The van der Waals surface area contributed by atoms with Crippen LogP contribution >= 0.6 is 34.8 Å². The minimum absolute atomic E-state index is 0.00312. The maximum absolute atomic E-state index is 13.3. The Labute approximate surface area is 209 Å². The van der Waals surface area contributed by atoms with E-state index in [4.69, 9.17) is 34.8 Å². The molecule has 2 amide bonds. The van der Waals surface area contributed by atoms with Gasteiger partial charge < -0.3 is 10.2 Å². The average molecular weight is 535 g/mol. The fraction of sp³-hybridized carbons (Fsp3) is 0.364. The van der Waals surface area contributed by atoms with Gasteiger partial charge in [0.1, 0.15) is 6.04 Å². The highest BCUT2D eigenvalue weighted by atomic mass is 35.5. The molecule has 180 valence electrons. The van der Waals surface area contributed by atoms with Crippen molar-refractivity contribution in [1.82, 2.24) is 14.5 Å². The number of sulfonamides is 1. The Balaban J connectivity index is 2.32. The molecular formula is C22H26Cl3N3O4S. The summed E-state index contributed by atoms with van der Waals surface area (Å²) in [7, 11) is -2.66. The van der Waals surface area contributed by atoms with Crippen molar-refractivity contribution < 1.29 is 18.0 Å². The van der Waals surface area contributed by atoms with Crippen molar-refractivity contribution >= 4 is 56.6 Å². The molecule has 2 rings (SSSR count). The van der Waals surface area contributed by atoms with E-state index in [1.807, 2.05) is 6.92 Å². The third-order valence-electron chi connectivity index (χ3n) is 4.99. The molecule has 1 unspecified atom stereocenters. The summed E-state index contributed by atoms with van der Waals surface area (Å²) in [5, 5.41) is 3.82. The summed E-state index contributed by atoms with van der Waals surface area (Å²) in [5.74, 6) is -0.943. The number of benzene rings is 2. The lowest BCUT2D eigenvalue weighted by Crippen LogP contribution is -2.50. The summed E-state index contributed by atoms with van der Waals surface area (Å²) in [6, 6.07) is 9.68. The minimum Gasteiger partial charge on any atom is -0.354 e. The lowest BCUT2D eigenvalue weighted by molar-refractivity contribution is -0.140. The van der Waals surface area contributed by atoms with Gasteiger partial charge in [0.05, 0.1) is 11.4 Å². The van der Waals surface area contributed by atoms with Crippen LogP contribution in [0.15, 0.2) is 47.4 Å². The first-order valence-electron chi connectivity index (χ1n) is 10.2. The van der Waals surface area contributed by atoms with E-state index in [0.717, 1.165) is 10.7 Å². The van der Waals surface area contributed by atoms with E-state index in [1.54, 1.807) is 25.1 Å². The van der Waals surface area contributed by atoms with Crippen LogP contribution < -0.4 is 5.32 Å². The van der Waals surface area contributed by atoms with Gasteiger partial charge in [0.2, 0.25) is 21.8 Å². The lowest BCUT2D eigenvalue weighted by Gasteiger charge is -2.30. The molecule has 33 heavy (non-hydrogen) atoms. The minimum atomic E-state index is -3.96. The molecule has 0 aliphatic carbocycles. The zero-order valence-electron chi connectivity index (χ0n) is 18.5. The van der Waals surface area contributed by atoms with Gasteiger partial charge in [0.15, 0.2) is 0 Å². The Hall–Kier alpha value is -1.84. The number of hydrogen-bond acceptors (Lipinski definition) is 4. The van der Waals surface area contributed by atoms with E-state index in [-0.39, 0.29) is 17.3 Å². The number of nitrogens with zero attached hydrogens (tertiary/aromatic N) is 2. The smallest absolute Gasteiger partial charge is 0.243 e. The molecule has 0 aliphatic rings. The van der Waals surface area contributed by atoms with Gasteiger partial charge in [0.25, 0.3) is 0 Å². The number of hydrogen-bond donors (Lipinski definition) is 1. The molecule has 2 aromatic rings. The molecule has 0 fully saturated rings. The third-order valence-corrected chi connectivity index (χ3v) is 7.76. The molecule has 0 aromatic heterocycles. The molecule has 2 aromatic carbocycles. The summed E-state index contributed by atoms with van der Waals surface area (Å²) in [6.45, 7) is 3.38. The first-order valence-corrected chi connectivity index (χ1v) is 12.8. The van der Waals surface area contributed by atoms with Crippen molar-refractivity contribution in [2.24, 2.45) is 0 Å². The van der Waals surface area contributed by atoms with Crippen LogP contribution in [0.5, 0.6) is 0 Å². The average Bonchev–Trinajstić information content (AvgIpc) is 2.77. The molecule has 0 bridgehead atoms. The second-order valence-corrected chi connectivity index (χ2v) is 10.7. The molecule has 0 saturated heterocycles. The second-order valence-electron chi connectivity index (χ2n) is 7.40. The Morgan fingerprint density at radius 1 is 1.03 bits per heavy atom. The first-order chi connectivity index (χ1) is 15.5. The Morgan fingerprint density at radius 3 is 2.15 bits per heavy atom. The number of halogens is 3. The maximum atomic E-state index is 13.3. The molecule has 1 atom stereocenters. The Kier molecular flexibility index (Phi) is 10.00. The fourth-order valence-electron chi connectivity index (χ4n) is 2.99. The quantitative estimate of drug-likeness (QED) is 0.495. The summed E-state index contributed by atoms with van der Waals surface area (Å²) >= 11 is 18.4. The van der Waals surface area contributed by atoms with Crippen LogP contribution in [-0.4, -0.2) is 55.6 Å². The molecule has 0 heterocycles. The molecular weight excluding hydrogens is 509 g/mol. The number of nitrogens with one attached hydrogen (secondary N) is 1. The number of carbonyl (C=O) groups excluding carboxylic acids is 2. The van der Waals surface area contributed by atoms with Crippen molar-refractivity contribution in [3.63, 3.8) is 0 Å². The van der Waals surface area contributed by atoms with Crippen LogP contribution in [0, 0.1) is 0 Å². The monoisotopic (exact) mass is 533 g/mol. The Bertz CT molecular complexity index is 1070. The van der Waals surface area contributed by atoms with Crippen molar-refractivity contribution in [3.05, 3.63) is 63.1 Å². The Morgan fingerprint density at radius 2 is 1.61 bits per heavy atom. The van der Waals surface area contributed by atoms with E-state index >= 15 is 0 Å². The molecule has 1 N–H and O–H groups in total. The zero-order chi connectivity index (χ0) is 24.8. The SMILES string of the molecule is CCCNC(=O)C(C)N(Cc1c(Cl)cccc1Cl)C(=O)CN(C)S(=O)(=O)c1ccc(Cl)cc1. The van der Waals surface area contributed by atoms with Crippen LogP contribution in [-0.2, 0) is 26.2 Å². The highest BCUT2D eigenvalue weighted by molar-refractivity contribution is 7.89. The van der Waals surface area contributed by atoms with Gasteiger partial charge in [0, 0.05) is 40.8 Å². The van der Waals surface area contributed by atoms with Gasteiger partial charge in [-0.2, -0.15) is 4.31 Å². The first kappa shape index (κ1) is 27.4. The van der Waals surface area contributed by atoms with Crippen LogP contribution in [0.4, 0.5) is 0 Å². The van der Waals surface area contributed by atoms with Gasteiger partial charge in [-0.1, -0.05) is 47.8 Å². The molecule has 0 saturated carbocycles. The summed E-state index contributed by atoms with van der Waals surface area (Å²) in [5.41, 5.74) is 0.465. The largest absolute Gasteiger partial charge is 0.354 e. The number of carbonyl (C=O) groups is 2. The summed E-state index contributed by atoms with van der Waals surface area (Å²) in [4.78, 5) is 27.2. The standard InChI is InChI=1S/C22H26Cl3N3O4S/c1-4-12-26-22(30)15(2)28(13-18-19(24)6-5-7-20(18)25)21(29)14-27(3)33(31,32)17-10-8-16(23)9-11-17/h5-11,15H,4,12-14H2,1-3H3,(H,26,30). The predicted octanol–water partition coefficient (Wildman–Crippen LogP) is 4.21. The van der Waals surface area contributed by atoms with Gasteiger partial charge >= 0.3 is 0 Å². The number of rotatable bonds is 10. The van der Waals surface area contributed by atoms with Crippen LogP contribution in [0.25, 0.3) is 0 Å². The summed E-state index contributed by atoms with van der Waals surface area (Å²) < 4.78 is 26.7. The maximum Gasteiger partial charge on any atom is 0.243 e. The highest BCUT2D eigenvalue weighted by Crippen LogP contribution is 2.27. The molecule has 0 radical (unpaired) electrons. The topological polar surface area (TPSA) is 86.8 Å². The van der Waals surface area contributed by atoms with Crippen LogP contribution in [0.2, 0.25) is 15.1 Å². The van der Waals surface area contributed by atoms with E-state index < -0.39 is 28.5 Å². The van der Waals surface area contributed by atoms with Crippen molar-refractivity contribution in [2.45, 2.75) is 37.8 Å². The molecule has 7 nitrogen and oxygen atoms in total. The third kappa shape index (κ3) is 7.07. The van der Waals surface area contributed by atoms with E-state index in [2.05, 4.69) is 5.32 Å². The van der Waals surface area contributed by atoms with Gasteiger partial charge in [-0.25, -0.2) is 8.42 Å². The second kappa shape index (κ2) is 12.0. The van der Waals surface area contributed by atoms with Crippen molar-refractivity contribution in [3.8, 4) is 0 Å². The fourth-order valence-corrected chi connectivity index (χ4v) is 4.75. The van der Waals surface area contributed by atoms with Gasteiger partial charge in [-0.05, 0) is 49.7 Å².